The fraction of sp³-hybridized carbons (Fsp3) is 0.0638. The lowest BCUT2D eigenvalue weighted by molar-refractivity contribution is -0.995. The van der Waals surface area contributed by atoms with Crippen molar-refractivity contribution in [3.8, 4) is 45.3 Å². The van der Waals surface area contributed by atoms with Crippen LogP contribution in [0.5, 0.6) is 11.5 Å². The van der Waals surface area contributed by atoms with Crippen LogP contribution in [-0.4, -0.2) is 9.25 Å². The number of hydrogen-bond donors (Lipinski definition) is 0. The van der Waals surface area contributed by atoms with Gasteiger partial charge in [0.25, 0.3) is 5.82 Å². The third-order valence-electron chi connectivity index (χ3n) is 12.2. The number of benzene rings is 6. The first-order valence-corrected chi connectivity index (χ1v) is 18.3. The molecule has 4 aliphatic heterocycles. The van der Waals surface area contributed by atoms with Crippen molar-refractivity contribution in [1.82, 2.24) is 9.25 Å². The molecule has 6 nitrogen and oxygen atoms in total. The van der Waals surface area contributed by atoms with Gasteiger partial charge in [0, 0.05) is 23.8 Å². The highest BCUT2D eigenvalue weighted by Crippen LogP contribution is 2.63. The Bertz CT molecular complexity index is 3120. The Kier molecular flexibility index (Phi) is 4.87. The molecule has 6 heteroatoms. The largest absolute Gasteiger partial charge is 0.453 e. The smallest absolute Gasteiger partial charge is 0.394 e. The lowest BCUT2D eigenvalue weighted by Gasteiger charge is -2.42. The van der Waals surface area contributed by atoms with Crippen molar-refractivity contribution in [2.24, 2.45) is 0 Å². The number of anilines is 3. The van der Waals surface area contributed by atoms with E-state index in [0.29, 0.717) is 0 Å². The molecule has 0 aliphatic carbocycles. The van der Waals surface area contributed by atoms with Crippen LogP contribution >= 0.6 is 0 Å². The molecule has 0 amide bonds. The lowest BCUT2D eigenvalue weighted by Crippen LogP contribution is -2.78. The van der Waals surface area contributed by atoms with Crippen LogP contribution in [0.25, 0.3) is 55.6 Å². The van der Waals surface area contributed by atoms with E-state index in [0.717, 1.165) is 34.4 Å². The van der Waals surface area contributed by atoms with E-state index < -0.39 is 5.66 Å². The normalized spacial score (nSPS) is 16.3. The van der Waals surface area contributed by atoms with Gasteiger partial charge >= 0.3 is 5.66 Å². The first-order valence-electron chi connectivity index (χ1n) is 18.3. The van der Waals surface area contributed by atoms with Gasteiger partial charge in [-0.15, -0.1) is 4.68 Å². The molecular formula is C47H31N5O+2. The minimum atomic E-state index is -0.750. The molecule has 248 valence electrons. The molecule has 1 spiro atoms. The van der Waals surface area contributed by atoms with Gasteiger partial charge in [0.15, 0.2) is 17.0 Å². The topological polar surface area (TPSA) is 30.1 Å². The number of rotatable bonds is 2. The molecule has 1 unspecified atom stereocenters. The second kappa shape index (κ2) is 9.29. The Morgan fingerprint density at radius 3 is 2.19 bits per heavy atom. The maximum absolute atomic E-state index is 6.80. The van der Waals surface area contributed by atoms with Crippen LogP contribution in [0.1, 0.15) is 22.5 Å². The minimum absolute atomic E-state index is 0.750. The Balaban J connectivity index is 1.21. The third-order valence-corrected chi connectivity index (χ3v) is 12.2. The average Bonchev–Trinajstić information content (AvgIpc) is 3.81. The molecule has 1 atom stereocenters. The molecule has 0 saturated heterocycles. The summed E-state index contributed by atoms with van der Waals surface area (Å²) >= 11 is 0. The highest BCUT2D eigenvalue weighted by Gasteiger charge is 2.71. The van der Waals surface area contributed by atoms with Gasteiger partial charge in [0.2, 0.25) is 5.69 Å². The van der Waals surface area contributed by atoms with Crippen molar-refractivity contribution in [2.75, 3.05) is 4.90 Å². The van der Waals surface area contributed by atoms with E-state index in [4.69, 9.17) is 4.74 Å². The van der Waals surface area contributed by atoms with Crippen LogP contribution in [0.2, 0.25) is 0 Å². The molecule has 53 heavy (non-hydrogen) atoms. The second-order valence-corrected chi connectivity index (χ2v) is 14.6. The first-order chi connectivity index (χ1) is 26.2. The van der Waals surface area contributed by atoms with Crippen molar-refractivity contribution < 1.29 is 14.0 Å². The molecule has 3 aromatic heterocycles. The number of aromatic nitrogens is 4. The number of fused-ring (bicyclic) bond motifs is 10. The van der Waals surface area contributed by atoms with E-state index in [-0.39, 0.29) is 0 Å². The van der Waals surface area contributed by atoms with Crippen LogP contribution in [0.3, 0.4) is 0 Å². The van der Waals surface area contributed by atoms with Crippen molar-refractivity contribution in [2.45, 2.75) is 19.5 Å². The van der Waals surface area contributed by atoms with E-state index >= 15 is 0 Å². The van der Waals surface area contributed by atoms with Crippen LogP contribution in [0, 0.1) is 13.8 Å². The molecule has 13 rings (SSSR count). The Labute approximate surface area is 305 Å². The molecule has 4 aliphatic rings. The summed E-state index contributed by atoms with van der Waals surface area (Å²) in [6, 6.07) is 52.8. The Morgan fingerprint density at radius 1 is 0.566 bits per heavy atom. The predicted molar refractivity (Wildman–Crippen MR) is 207 cm³/mol. The van der Waals surface area contributed by atoms with E-state index in [1.807, 2.05) is 0 Å². The maximum Gasteiger partial charge on any atom is 0.394 e. The standard InChI is InChI=1S/C47H31N5O/c1-28-42(32-21-19-31(20-22-32)30-12-4-3-5-13-30)29(2)52-47-43-37(49-36-16-8-9-17-39(36)53-40-26-25-38(51(28)52)44(47)46(40)49)24-23-34-33-14-6-7-15-35(33)50(45(34)43)41-18-10-11-27-48(41)47/h3-27H,1-2H3/q+2. The van der Waals surface area contributed by atoms with Gasteiger partial charge in [0.1, 0.15) is 28.0 Å². The van der Waals surface area contributed by atoms with Gasteiger partial charge in [-0.3, -0.25) is 0 Å². The highest BCUT2D eigenvalue weighted by molar-refractivity contribution is 6.13. The molecule has 0 N–H and O–H groups in total. The third kappa shape index (κ3) is 3.03. The average molecular weight is 682 g/mol. The highest BCUT2D eigenvalue weighted by atomic mass is 16.5. The van der Waals surface area contributed by atoms with Crippen LogP contribution in [0.4, 0.5) is 17.1 Å². The molecule has 0 bridgehead atoms. The van der Waals surface area contributed by atoms with E-state index in [1.54, 1.807) is 0 Å². The van der Waals surface area contributed by atoms with Gasteiger partial charge in [-0.2, -0.15) is 9.13 Å². The quantitative estimate of drug-likeness (QED) is 0.170. The summed E-state index contributed by atoms with van der Waals surface area (Å²) < 4.78 is 16.9. The maximum atomic E-state index is 6.80. The number of hydrogen-bond acceptors (Lipinski definition) is 2. The van der Waals surface area contributed by atoms with E-state index in [9.17, 15) is 0 Å². The molecule has 0 fully saturated rings. The van der Waals surface area contributed by atoms with E-state index in [1.165, 1.54) is 72.3 Å². The second-order valence-electron chi connectivity index (χ2n) is 14.6. The fourth-order valence-electron chi connectivity index (χ4n) is 10.3. The summed E-state index contributed by atoms with van der Waals surface area (Å²) in [5.41, 5.74) is 16.0. The van der Waals surface area contributed by atoms with Gasteiger partial charge in [0.05, 0.1) is 28.8 Å². The van der Waals surface area contributed by atoms with Crippen molar-refractivity contribution >= 4 is 38.9 Å². The molecule has 6 aromatic carbocycles. The molecule has 0 saturated carbocycles. The molecule has 7 heterocycles. The van der Waals surface area contributed by atoms with Gasteiger partial charge in [-0.1, -0.05) is 89.6 Å². The zero-order valence-electron chi connectivity index (χ0n) is 29.1. The van der Waals surface area contributed by atoms with Gasteiger partial charge in [-0.05, 0) is 78.2 Å². The Hall–Kier alpha value is -6.92. The van der Waals surface area contributed by atoms with Crippen molar-refractivity contribution in [3.05, 3.63) is 174 Å². The summed E-state index contributed by atoms with van der Waals surface area (Å²) in [6.07, 6.45) is 2.28. The summed E-state index contributed by atoms with van der Waals surface area (Å²) in [5, 5.41) is 2.51. The number of ether oxygens (including phenoxy) is 1. The molecular weight excluding hydrogens is 651 g/mol. The molecule has 0 radical (unpaired) electrons. The summed E-state index contributed by atoms with van der Waals surface area (Å²) in [6.45, 7) is 4.59. The lowest BCUT2D eigenvalue weighted by atomic mass is 9.80. The SMILES string of the molecule is Cc1c(-c2ccc(-c3ccccc3)cc2)c(C)[n+]2n1-c1ccc3c4c1C21c2c(ccc5c6ccccc6n(c25)-c2cccc[n+]21)N4c1ccccc1O3. The van der Waals surface area contributed by atoms with Gasteiger partial charge < -0.3 is 9.64 Å². The Morgan fingerprint density at radius 2 is 1.30 bits per heavy atom. The number of nitrogens with zero attached hydrogens (tertiary/aromatic N) is 5. The first kappa shape index (κ1) is 27.8. The van der Waals surface area contributed by atoms with E-state index in [2.05, 4.69) is 189 Å². The van der Waals surface area contributed by atoms with Crippen LogP contribution < -0.4 is 18.9 Å². The summed E-state index contributed by atoms with van der Waals surface area (Å²) in [4.78, 5) is 2.47. The van der Waals surface area contributed by atoms with Crippen LogP contribution in [-0.2, 0) is 5.66 Å². The number of para-hydroxylation sites is 3. The predicted octanol–water partition coefficient (Wildman–Crippen LogP) is 9.91. The summed E-state index contributed by atoms with van der Waals surface area (Å²) in [5.74, 6) is 2.86. The zero-order valence-corrected chi connectivity index (χ0v) is 29.1. The fourth-order valence-corrected chi connectivity index (χ4v) is 10.3. The number of pyridine rings is 1. The van der Waals surface area contributed by atoms with Crippen molar-refractivity contribution in [1.29, 1.82) is 0 Å². The summed E-state index contributed by atoms with van der Waals surface area (Å²) in [7, 11) is 0. The van der Waals surface area contributed by atoms with Crippen LogP contribution in [0.15, 0.2) is 152 Å². The monoisotopic (exact) mass is 681 g/mol. The molecule has 9 aromatic rings. The van der Waals surface area contributed by atoms with Crippen molar-refractivity contribution in [3.63, 3.8) is 0 Å². The zero-order chi connectivity index (χ0) is 34.7. The minimum Gasteiger partial charge on any atom is -0.453 e. The van der Waals surface area contributed by atoms with Gasteiger partial charge in [-0.25, -0.2) is 0 Å².